The zero-order chi connectivity index (χ0) is 27.2. The lowest BCUT2D eigenvalue weighted by atomic mass is 9.43. The molecule has 0 unspecified atom stereocenters. The van der Waals surface area contributed by atoms with Gasteiger partial charge in [0.25, 0.3) is 0 Å². The molecule has 0 spiro atoms. The molecular formula is C42H24. The molecule has 0 heterocycles. The van der Waals surface area contributed by atoms with Crippen LogP contribution in [0.5, 0.6) is 0 Å². The Balaban J connectivity index is 1.53. The number of fused-ring (bicyclic) bond motifs is 6. The third-order valence-corrected chi connectivity index (χ3v) is 10.9. The lowest BCUT2D eigenvalue weighted by Crippen LogP contribution is -2.54. The van der Waals surface area contributed by atoms with Gasteiger partial charge in [0, 0.05) is 0 Å². The Bertz CT molecular complexity index is 2380. The van der Waals surface area contributed by atoms with E-state index in [4.69, 9.17) is 0 Å². The molecule has 0 radical (unpaired) electrons. The van der Waals surface area contributed by atoms with E-state index < -0.39 is 10.8 Å². The molecular weight excluding hydrogens is 504 g/mol. The van der Waals surface area contributed by atoms with Crippen LogP contribution in [-0.4, -0.2) is 0 Å². The van der Waals surface area contributed by atoms with Crippen LogP contribution >= 0.6 is 0 Å². The highest BCUT2D eigenvalue weighted by Gasteiger charge is 2.67. The number of hydrogen-bond donors (Lipinski definition) is 0. The normalized spacial score (nSPS) is 20.6. The van der Waals surface area contributed by atoms with Crippen LogP contribution in [0.15, 0.2) is 146 Å². The van der Waals surface area contributed by atoms with E-state index in [2.05, 4.69) is 146 Å². The summed E-state index contributed by atoms with van der Waals surface area (Å²) in [6, 6.07) is 55.9. The number of rotatable bonds is 0. The molecule has 42 heavy (non-hydrogen) atoms. The van der Waals surface area contributed by atoms with E-state index in [1.165, 1.54) is 88.0 Å². The molecule has 0 amide bonds. The van der Waals surface area contributed by atoms with Crippen molar-refractivity contribution in [2.24, 2.45) is 0 Å². The Hall–Kier alpha value is -5.20. The fourth-order valence-electron chi connectivity index (χ4n) is 9.72. The molecule has 3 aliphatic rings. The predicted molar refractivity (Wildman–Crippen MR) is 174 cm³/mol. The second-order valence-corrected chi connectivity index (χ2v) is 12.3. The monoisotopic (exact) mass is 528 g/mol. The van der Waals surface area contributed by atoms with Crippen molar-refractivity contribution < 1.29 is 0 Å². The molecule has 0 atom stereocenters. The molecule has 11 rings (SSSR count). The topological polar surface area (TPSA) is 0 Å². The third-order valence-electron chi connectivity index (χ3n) is 10.9. The maximum atomic E-state index is 2.56. The van der Waals surface area contributed by atoms with Crippen LogP contribution in [0.3, 0.4) is 0 Å². The largest absolute Gasteiger partial charge is 0.0648 e. The molecule has 8 aromatic carbocycles. The molecule has 0 N–H and O–H groups in total. The minimum absolute atomic E-state index is 0.414. The second kappa shape index (κ2) is 6.98. The standard InChI is InChI=1S/C42H24/c1-5-16-32-28(12-1)30-14-3-7-18-34(30)42-35-19-8-4-15-31(35)29-13-2-6-17-33(29)41(32,42)36-23-22-26-21-20-25-10-9-11-27-24-37(42)40(36)39(26)38(25)27/h1-24H. The van der Waals surface area contributed by atoms with Gasteiger partial charge in [0.2, 0.25) is 0 Å². The molecule has 0 aliphatic heterocycles. The highest BCUT2D eigenvalue weighted by Crippen LogP contribution is 2.74. The lowest BCUT2D eigenvalue weighted by Gasteiger charge is -2.56. The fourth-order valence-corrected chi connectivity index (χ4v) is 9.72. The zero-order valence-electron chi connectivity index (χ0n) is 22.9. The van der Waals surface area contributed by atoms with Crippen LogP contribution in [0.4, 0.5) is 0 Å². The van der Waals surface area contributed by atoms with Crippen molar-refractivity contribution in [1.29, 1.82) is 0 Å². The van der Waals surface area contributed by atoms with E-state index in [9.17, 15) is 0 Å². The van der Waals surface area contributed by atoms with E-state index in [1.807, 2.05) is 0 Å². The first-order chi connectivity index (χ1) is 20.8. The zero-order valence-corrected chi connectivity index (χ0v) is 22.9. The number of benzene rings is 8. The summed E-state index contributed by atoms with van der Waals surface area (Å²) in [7, 11) is 0. The minimum Gasteiger partial charge on any atom is -0.0619 e. The Morgan fingerprint density at radius 3 is 1.24 bits per heavy atom. The van der Waals surface area contributed by atoms with Crippen LogP contribution < -0.4 is 0 Å². The van der Waals surface area contributed by atoms with Crippen LogP contribution in [0.1, 0.15) is 33.4 Å². The van der Waals surface area contributed by atoms with Crippen molar-refractivity contribution in [1.82, 2.24) is 0 Å². The van der Waals surface area contributed by atoms with Crippen molar-refractivity contribution in [3.8, 4) is 22.3 Å². The van der Waals surface area contributed by atoms with Gasteiger partial charge in [-0.15, -0.1) is 0 Å². The maximum Gasteiger partial charge on any atom is 0.0648 e. The molecule has 0 heteroatoms. The van der Waals surface area contributed by atoms with Gasteiger partial charge >= 0.3 is 0 Å². The molecule has 0 saturated carbocycles. The van der Waals surface area contributed by atoms with Gasteiger partial charge in [-0.1, -0.05) is 140 Å². The Morgan fingerprint density at radius 1 is 0.262 bits per heavy atom. The average molecular weight is 529 g/mol. The minimum atomic E-state index is -0.421. The van der Waals surface area contributed by atoms with Crippen molar-refractivity contribution in [2.75, 3.05) is 0 Å². The Kier molecular flexibility index (Phi) is 3.58. The summed E-state index contributed by atoms with van der Waals surface area (Å²) < 4.78 is 0. The Labute approximate surface area is 243 Å². The summed E-state index contributed by atoms with van der Waals surface area (Å²) in [5, 5.41) is 8.22. The fraction of sp³-hybridized carbons (Fsp3) is 0.0476. The molecule has 0 fully saturated rings. The quantitative estimate of drug-likeness (QED) is 0.172. The van der Waals surface area contributed by atoms with Crippen molar-refractivity contribution >= 4 is 32.3 Å². The smallest absolute Gasteiger partial charge is 0.0619 e. The predicted octanol–water partition coefficient (Wildman–Crippen LogP) is 10.2. The summed E-state index contributed by atoms with van der Waals surface area (Å²) in [5.41, 5.74) is 13.1. The summed E-state index contributed by atoms with van der Waals surface area (Å²) in [5.74, 6) is 0. The van der Waals surface area contributed by atoms with Crippen molar-refractivity contribution in [3.63, 3.8) is 0 Å². The molecule has 0 nitrogen and oxygen atoms in total. The highest BCUT2D eigenvalue weighted by molar-refractivity contribution is 6.26. The van der Waals surface area contributed by atoms with Gasteiger partial charge in [0.15, 0.2) is 0 Å². The van der Waals surface area contributed by atoms with Gasteiger partial charge in [0.1, 0.15) is 0 Å². The van der Waals surface area contributed by atoms with E-state index in [0.717, 1.165) is 0 Å². The average Bonchev–Trinajstić information content (AvgIpc) is 3.34. The first kappa shape index (κ1) is 21.5. The molecule has 0 saturated heterocycles. The van der Waals surface area contributed by atoms with Crippen molar-refractivity contribution in [2.45, 2.75) is 10.8 Å². The highest BCUT2D eigenvalue weighted by atomic mass is 14.7. The van der Waals surface area contributed by atoms with Gasteiger partial charge in [-0.05, 0) is 94.0 Å². The van der Waals surface area contributed by atoms with Crippen LogP contribution in [-0.2, 0) is 10.8 Å². The SMILES string of the molecule is c1ccc2c(c1)-c1ccccc1C13c4ccccc4-c4ccccc4C21c1ccc2ccc4cccc5cc3c1c2c45. The van der Waals surface area contributed by atoms with Crippen molar-refractivity contribution in [3.05, 3.63) is 179 Å². The van der Waals surface area contributed by atoms with E-state index in [-0.39, 0.29) is 0 Å². The van der Waals surface area contributed by atoms with E-state index in [0.29, 0.717) is 0 Å². The van der Waals surface area contributed by atoms with E-state index in [1.54, 1.807) is 0 Å². The summed E-state index contributed by atoms with van der Waals surface area (Å²) in [6.07, 6.45) is 0. The third kappa shape index (κ3) is 2.03. The summed E-state index contributed by atoms with van der Waals surface area (Å²) >= 11 is 0. The Morgan fingerprint density at radius 2 is 0.690 bits per heavy atom. The lowest BCUT2D eigenvalue weighted by molar-refractivity contribution is 0.432. The molecule has 0 bridgehead atoms. The van der Waals surface area contributed by atoms with E-state index >= 15 is 0 Å². The molecule has 3 aliphatic carbocycles. The summed E-state index contributed by atoms with van der Waals surface area (Å²) in [6.45, 7) is 0. The molecule has 192 valence electrons. The van der Waals surface area contributed by atoms with Gasteiger partial charge < -0.3 is 0 Å². The first-order valence-electron chi connectivity index (χ1n) is 15.0. The van der Waals surface area contributed by atoms with Gasteiger partial charge in [0.05, 0.1) is 10.8 Å². The second-order valence-electron chi connectivity index (χ2n) is 12.3. The van der Waals surface area contributed by atoms with Crippen LogP contribution in [0.25, 0.3) is 54.6 Å². The maximum absolute atomic E-state index is 2.56. The molecule has 8 aromatic rings. The summed E-state index contributed by atoms with van der Waals surface area (Å²) in [4.78, 5) is 0. The van der Waals surface area contributed by atoms with Gasteiger partial charge in [-0.2, -0.15) is 0 Å². The van der Waals surface area contributed by atoms with Gasteiger partial charge in [-0.3, -0.25) is 0 Å². The van der Waals surface area contributed by atoms with Crippen LogP contribution in [0, 0.1) is 0 Å². The first-order valence-corrected chi connectivity index (χ1v) is 15.0. The van der Waals surface area contributed by atoms with Crippen LogP contribution in [0.2, 0.25) is 0 Å². The number of hydrogen-bond acceptors (Lipinski definition) is 0. The van der Waals surface area contributed by atoms with Gasteiger partial charge in [-0.25, -0.2) is 0 Å². The molecule has 0 aromatic heterocycles.